The van der Waals surface area contributed by atoms with Gasteiger partial charge in [-0.05, 0) is 44.3 Å². The molecule has 0 bridgehead atoms. The summed E-state index contributed by atoms with van der Waals surface area (Å²) >= 11 is 0. The second-order valence-electron chi connectivity index (χ2n) is 4.04. The molecule has 2 rings (SSSR count). The van der Waals surface area contributed by atoms with Gasteiger partial charge in [-0.15, -0.1) is 0 Å². The van der Waals surface area contributed by atoms with Crippen molar-refractivity contribution < 1.29 is 4.79 Å². The summed E-state index contributed by atoms with van der Waals surface area (Å²) in [5.74, 6) is 0.0326. The van der Waals surface area contributed by atoms with Gasteiger partial charge in [0.25, 0.3) is 0 Å². The molecule has 1 heterocycles. The Morgan fingerprint density at radius 2 is 2.20 bits per heavy atom. The standard InChI is InChI=1S/C11H14N3O/c1-14(2)10-6-7-5-8(12)3-4-9(7)13-11(10)15/h3-5,10,12H,6H2,1-2H3,(H,13,15). The first kappa shape index (κ1) is 9.98. The van der Waals surface area contributed by atoms with Crippen molar-refractivity contribution in [1.29, 1.82) is 0 Å². The summed E-state index contributed by atoms with van der Waals surface area (Å²) in [6, 6.07) is 5.17. The number of carbonyl (C=O) groups is 1. The van der Waals surface area contributed by atoms with Crippen molar-refractivity contribution in [1.82, 2.24) is 10.6 Å². The number of hydrogen-bond acceptors (Lipinski definition) is 2. The zero-order valence-corrected chi connectivity index (χ0v) is 8.87. The molecule has 0 saturated heterocycles. The van der Waals surface area contributed by atoms with Crippen LogP contribution in [-0.2, 0) is 11.2 Å². The van der Waals surface area contributed by atoms with E-state index in [0.29, 0.717) is 12.1 Å². The van der Waals surface area contributed by atoms with E-state index in [9.17, 15) is 4.79 Å². The Hall–Kier alpha value is -1.55. The van der Waals surface area contributed by atoms with E-state index in [1.807, 2.05) is 25.1 Å². The van der Waals surface area contributed by atoms with Gasteiger partial charge in [0, 0.05) is 5.69 Å². The predicted molar refractivity (Wildman–Crippen MR) is 59.0 cm³/mol. The van der Waals surface area contributed by atoms with Crippen LogP contribution in [-0.4, -0.2) is 30.9 Å². The lowest BCUT2D eigenvalue weighted by Crippen LogP contribution is -2.44. The third kappa shape index (κ3) is 1.80. The van der Waals surface area contributed by atoms with Gasteiger partial charge in [0.05, 0.1) is 11.7 Å². The number of fused-ring (bicyclic) bond motifs is 1. The van der Waals surface area contributed by atoms with E-state index in [1.54, 1.807) is 12.1 Å². The van der Waals surface area contributed by atoms with E-state index in [2.05, 4.69) is 5.32 Å². The quantitative estimate of drug-likeness (QED) is 0.742. The van der Waals surface area contributed by atoms with Crippen molar-refractivity contribution in [3.63, 3.8) is 0 Å². The largest absolute Gasteiger partial charge is 0.324 e. The minimum Gasteiger partial charge on any atom is -0.324 e. The van der Waals surface area contributed by atoms with Crippen LogP contribution in [0.15, 0.2) is 18.2 Å². The maximum Gasteiger partial charge on any atom is 0.242 e. The molecule has 0 spiro atoms. The number of carbonyl (C=O) groups excluding carboxylic acids is 1. The maximum atomic E-state index is 11.7. The van der Waals surface area contributed by atoms with Crippen LogP contribution in [0.4, 0.5) is 11.4 Å². The molecule has 15 heavy (non-hydrogen) atoms. The Kier molecular flexibility index (Phi) is 2.36. The van der Waals surface area contributed by atoms with Crippen molar-refractivity contribution >= 4 is 17.3 Å². The molecule has 79 valence electrons. The number of likely N-dealkylation sites (N-methyl/N-ethyl adjacent to an activating group) is 1. The molecule has 0 saturated carbocycles. The molecule has 1 aliphatic heterocycles. The SMILES string of the molecule is CN(C)C1Cc2cc([NH])ccc2NC1=O. The number of hydrogen-bond donors (Lipinski definition) is 1. The van der Waals surface area contributed by atoms with Gasteiger partial charge in [-0.2, -0.15) is 0 Å². The molecule has 0 aromatic heterocycles. The Morgan fingerprint density at radius 1 is 1.47 bits per heavy atom. The highest BCUT2D eigenvalue weighted by molar-refractivity contribution is 5.98. The third-order valence-corrected chi connectivity index (χ3v) is 2.70. The molecule has 1 aromatic carbocycles. The zero-order chi connectivity index (χ0) is 11.0. The fourth-order valence-corrected chi connectivity index (χ4v) is 1.82. The number of rotatable bonds is 1. The van der Waals surface area contributed by atoms with Gasteiger partial charge in [0.2, 0.25) is 5.91 Å². The van der Waals surface area contributed by atoms with Gasteiger partial charge in [-0.3, -0.25) is 9.69 Å². The smallest absolute Gasteiger partial charge is 0.242 e. The lowest BCUT2D eigenvalue weighted by molar-refractivity contribution is -0.120. The topological polar surface area (TPSA) is 56.1 Å². The fraction of sp³-hybridized carbons (Fsp3) is 0.364. The number of amides is 1. The third-order valence-electron chi connectivity index (χ3n) is 2.70. The Labute approximate surface area is 89.1 Å². The van der Waals surface area contributed by atoms with E-state index in [1.165, 1.54) is 0 Å². The average molecular weight is 204 g/mol. The molecule has 0 fully saturated rings. The van der Waals surface area contributed by atoms with E-state index < -0.39 is 0 Å². The molecule has 4 heteroatoms. The van der Waals surface area contributed by atoms with Crippen LogP contribution in [0.3, 0.4) is 0 Å². The predicted octanol–water partition coefficient (Wildman–Crippen LogP) is 1.03. The maximum absolute atomic E-state index is 11.7. The molecule has 1 amide bonds. The van der Waals surface area contributed by atoms with Crippen LogP contribution in [0.1, 0.15) is 5.56 Å². The summed E-state index contributed by atoms with van der Waals surface area (Å²) in [5, 5.41) is 2.85. The Balaban J connectivity index is 2.34. The molecule has 2 N–H and O–H groups in total. The molecule has 1 atom stereocenters. The fourth-order valence-electron chi connectivity index (χ4n) is 1.82. The first-order valence-electron chi connectivity index (χ1n) is 4.90. The molecule has 4 nitrogen and oxygen atoms in total. The Morgan fingerprint density at radius 3 is 2.87 bits per heavy atom. The van der Waals surface area contributed by atoms with Crippen LogP contribution in [0.25, 0.3) is 0 Å². The summed E-state index contributed by atoms with van der Waals surface area (Å²) in [6.45, 7) is 0. The Bertz CT molecular complexity index is 401. The van der Waals surface area contributed by atoms with Crippen LogP contribution in [0.5, 0.6) is 0 Å². The van der Waals surface area contributed by atoms with E-state index >= 15 is 0 Å². The van der Waals surface area contributed by atoms with Crippen LogP contribution in [0, 0.1) is 0 Å². The molecule has 1 aromatic rings. The minimum atomic E-state index is -0.126. The lowest BCUT2D eigenvalue weighted by Gasteiger charge is -2.29. The molecule has 1 aliphatic rings. The van der Waals surface area contributed by atoms with Crippen LogP contribution in [0.2, 0.25) is 0 Å². The number of anilines is 1. The highest BCUT2D eigenvalue weighted by Crippen LogP contribution is 2.26. The van der Waals surface area contributed by atoms with Gasteiger partial charge >= 0.3 is 0 Å². The zero-order valence-electron chi connectivity index (χ0n) is 8.87. The van der Waals surface area contributed by atoms with Gasteiger partial charge in [-0.1, -0.05) is 0 Å². The van der Waals surface area contributed by atoms with Crippen LogP contribution < -0.4 is 11.1 Å². The second-order valence-corrected chi connectivity index (χ2v) is 4.04. The minimum absolute atomic E-state index is 0.0326. The van der Waals surface area contributed by atoms with E-state index in [0.717, 1.165) is 11.3 Å². The summed E-state index contributed by atoms with van der Waals surface area (Å²) in [6.07, 6.45) is 0.681. The number of nitrogens with zero attached hydrogens (tertiary/aromatic N) is 1. The second kappa shape index (κ2) is 3.55. The summed E-state index contributed by atoms with van der Waals surface area (Å²) in [7, 11) is 3.78. The van der Waals surface area contributed by atoms with Crippen molar-refractivity contribution in [3.8, 4) is 0 Å². The average Bonchev–Trinajstić information content (AvgIpc) is 2.17. The lowest BCUT2D eigenvalue weighted by atomic mass is 9.98. The van der Waals surface area contributed by atoms with Crippen molar-refractivity contribution in [3.05, 3.63) is 23.8 Å². The normalized spacial score (nSPS) is 19.9. The number of benzene rings is 1. The van der Waals surface area contributed by atoms with Gasteiger partial charge in [0.15, 0.2) is 0 Å². The van der Waals surface area contributed by atoms with Gasteiger partial charge in [0.1, 0.15) is 0 Å². The molecule has 0 aliphatic carbocycles. The summed E-state index contributed by atoms with van der Waals surface area (Å²) in [5.41, 5.74) is 9.90. The monoisotopic (exact) mass is 204 g/mol. The first-order valence-corrected chi connectivity index (χ1v) is 4.90. The first-order chi connectivity index (χ1) is 7.08. The van der Waals surface area contributed by atoms with Gasteiger partial charge < -0.3 is 11.1 Å². The molecular weight excluding hydrogens is 190 g/mol. The highest BCUT2D eigenvalue weighted by Gasteiger charge is 2.27. The van der Waals surface area contributed by atoms with Crippen molar-refractivity contribution in [2.45, 2.75) is 12.5 Å². The highest BCUT2D eigenvalue weighted by atomic mass is 16.2. The van der Waals surface area contributed by atoms with Crippen molar-refractivity contribution in [2.24, 2.45) is 0 Å². The summed E-state index contributed by atoms with van der Waals surface area (Å²) < 4.78 is 0. The number of nitrogens with one attached hydrogen (secondary N) is 2. The van der Waals surface area contributed by atoms with E-state index in [4.69, 9.17) is 5.73 Å². The molecule has 1 unspecified atom stereocenters. The molecule has 1 radical (unpaired) electrons. The van der Waals surface area contributed by atoms with Gasteiger partial charge in [-0.25, -0.2) is 0 Å². The van der Waals surface area contributed by atoms with Crippen molar-refractivity contribution in [2.75, 3.05) is 19.4 Å². The van der Waals surface area contributed by atoms with Crippen LogP contribution >= 0.6 is 0 Å². The van der Waals surface area contributed by atoms with E-state index in [-0.39, 0.29) is 11.9 Å². The summed E-state index contributed by atoms with van der Waals surface area (Å²) in [4.78, 5) is 13.6. The molecular formula is C11H14N3O.